The maximum Gasteiger partial charge on any atom is 0.193 e. The molecule has 0 aliphatic rings. The second-order valence-electron chi connectivity index (χ2n) is 5.51. The summed E-state index contributed by atoms with van der Waals surface area (Å²) in [5.41, 5.74) is 3.30. The Morgan fingerprint density at radius 3 is 2.50 bits per heavy atom. The van der Waals surface area contributed by atoms with Gasteiger partial charge in [0, 0.05) is 37.8 Å². The molecule has 0 saturated carbocycles. The molecule has 2 rings (SSSR count). The summed E-state index contributed by atoms with van der Waals surface area (Å²) in [6.07, 6.45) is 0.856. The average Bonchev–Trinajstić information content (AvgIpc) is 2.85. The van der Waals surface area contributed by atoms with Crippen molar-refractivity contribution in [3.8, 4) is 0 Å². The predicted molar refractivity (Wildman–Crippen MR) is 109 cm³/mol. The zero-order chi connectivity index (χ0) is 16.8. The number of rotatable bonds is 5. The van der Waals surface area contributed by atoms with E-state index in [0.29, 0.717) is 0 Å². The highest BCUT2D eigenvalue weighted by atomic mass is 127. The van der Waals surface area contributed by atoms with E-state index >= 15 is 0 Å². The fraction of sp³-hybridized carbons (Fsp3) is 0.412. The van der Waals surface area contributed by atoms with Gasteiger partial charge in [-0.3, -0.25) is 4.99 Å². The SMILES string of the molecule is CN=C(NCCc1c(C)noc1C)N(C)Cc1ccc(Cl)cc1.I. The number of benzene rings is 1. The maximum atomic E-state index is 5.92. The second-order valence-corrected chi connectivity index (χ2v) is 5.95. The van der Waals surface area contributed by atoms with Crippen molar-refractivity contribution in [2.75, 3.05) is 20.6 Å². The molecular formula is C17H24ClIN4O. The molecule has 0 atom stereocenters. The standard InChI is InChI=1S/C17H23ClN4O.HI/c1-12-16(13(2)23-21-12)9-10-20-17(19-3)22(4)11-14-5-7-15(18)8-6-14;/h5-8H,9-11H2,1-4H3,(H,19,20);1H. The molecule has 0 bridgehead atoms. The number of nitrogens with one attached hydrogen (secondary N) is 1. The minimum absolute atomic E-state index is 0. The van der Waals surface area contributed by atoms with Crippen molar-refractivity contribution in [3.63, 3.8) is 0 Å². The Morgan fingerprint density at radius 1 is 1.29 bits per heavy atom. The van der Waals surface area contributed by atoms with Gasteiger partial charge < -0.3 is 14.7 Å². The lowest BCUT2D eigenvalue weighted by Crippen LogP contribution is -2.39. The Bertz CT molecular complexity index is 650. The summed E-state index contributed by atoms with van der Waals surface area (Å²) in [6.45, 7) is 5.45. The van der Waals surface area contributed by atoms with Crippen LogP contribution < -0.4 is 5.32 Å². The van der Waals surface area contributed by atoms with Crippen molar-refractivity contribution in [2.45, 2.75) is 26.8 Å². The fourth-order valence-electron chi connectivity index (χ4n) is 2.48. The van der Waals surface area contributed by atoms with Crippen molar-refractivity contribution < 1.29 is 4.52 Å². The van der Waals surface area contributed by atoms with Gasteiger partial charge in [0.05, 0.1) is 5.69 Å². The summed E-state index contributed by atoms with van der Waals surface area (Å²) >= 11 is 5.92. The Morgan fingerprint density at radius 2 is 1.96 bits per heavy atom. The molecule has 1 aromatic carbocycles. The van der Waals surface area contributed by atoms with Crippen LogP contribution in [0.5, 0.6) is 0 Å². The highest BCUT2D eigenvalue weighted by molar-refractivity contribution is 14.0. The van der Waals surface area contributed by atoms with Crippen LogP contribution in [0.2, 0.25) is 5.02 Å². The number of nitrogens with zero attached hydrogens (tertiary/aromatic N) is 3. The van der Waals surface area contributed by atoms with Crippen molar-refractivity contribution in [3.05, 3.63) is 51.9 Å². The monoisotopic (exact) mass is 462 g/mol. The van der Waals surface area contributed by atoms with Crippen LogP contribution in [0.3, 0.4) is 0 Å². The van der Waals surface area contributed by atoms with Gasteiger partial charge in [-0.15, -0.1) is 24.0 Å². The summed E-state index contributed by atoms with van der Waals surface area (Å²) in [7, 11) is 3.80. The molecule has 0 unspecified atom stereocenters. The molecule has 0 aliphatic heterocycles. The van der Waals surface area contributed by atoms with Crippen molar-refractivity contribution >= 4 is 41.5 Å². The largest absolute Gasteiger partial charge is 0.361 e. The first-order valence-electron chi connectivity index (χ1n) is 7.59. The zero-order valence-electron chi connectivity index (χ0n) is 14.5. The van der Waals surface area contributed by atoms with Gasteiger partial charge in [0.1, 0.15) is 5.76 Å². The third kappa shape index (κ3) is 5.66. The number of aromatic nitrogens is 1. The Kier molecular flexibility index (Phi) is 8.55. The van der Waals surface area contributed by atoms with Gasteiger partial charge in [-0.2, -0.15) is 0 Å². The minimum Gasteiger partial charge on any atom is -0.361 e. The smallest absolute Gasteiger partial charge is 0.193 e. The second kappa shape index (κ2) is 9.88. The number of hydrogen-bond donors (Lipinski definition) is 1. The molecule has 0 spiro atoms. The van der Waals surface area contributed by atoms with Gasteiger partial charge in [-0.1, -0.05) is 28.9 Å². The van der Waals surface area contributed by atoms with Crippen LogP contribution in [0.25, 0.3) is 0 Å². The normalized spacial score (nSPS) is 11.1. The predicted octanol–water partition coefficient (Wildman–Crippen LogP) is 3.81. The summed E-state index contributed by atoms with van der Waals surface area (Å²) in [6, 6.07) is 7.85. The lowest BCUT2D eigenvalue weighted by Gasteiger charge is -2.22. The summed E-state index contributed by atoms with van der Waals surface area (Å²) < 4.78 is 5.19. The Labute approximate surface area is 165 Å². The van der Waals surface area contributed by atoms with E-state index in [2.05, 4.69) is 20.4 Å². The van der Waals surface area contributed by atoms with Crippen molar-refractivity contribution in [1.82, 2.24) is 15.4 Å². The van der Waals surface area contributed by atoms with Crippen LogP contribution in [0.4, 0.5) is 0 Å². The number of aliphatic imine (C=N–C) groups is 1. The van der Waals surface area contributed by atoms with Gasteiger partial charge in [0.2, 0.25) is 0 Å². The quantitative estimate of drug-likeness (QED) is 0.417. The number of aryl methyl sites for hydroxylation is 2. The first kappa shape index (κ1) is 20.8. The topological polar surface area (TPSA) is 53.7 Å². The minimum atomic E-state index is 0. The molecule has 1 heterocycles. The molecule has 0 saturated heterocycles. The molecule has 5 nitrogen and oxygen atoms in total. The van der Waals surface area contributed by atoms with E-state index in [-0.39, 0.29) is 24.0 Å². The van der Waals surface area contributed by atoms with E-state index in [0.717, 1.165) is 47.5 Å². The van der Waals surface area contributed by atoms with Gasteiger partial charge in [0.25, 0.3) is 0 Å². The molecule has 1 aromatic heterocycles. The molecule has 132 valence electrons. The summed E-state index contributed by atoms with van der Waals surface area (Å²) in [5, 5.41) is 8.10. The fourth-order valence-corrected chi connectivity index (χ4v) is 2.61. The van der Waals surface area contributed by atoms with Crippen molar-refractivity contribution in [2.24, 2.45) is 4.99 Å². The summed E-state index contributed by atoms with van der Waals surface area (Å²) in [5.74, 6) is 1.74. The van der Waals surface area contributed by atoms with Crippen LogP contribution in [-0.4, -0.2) is 36.7 Å². The first-order chi connectivity index (χ1) is 11.0. The third-order valence-corrected chi connectivity index (χ3v) is 4.00. The molecular weight excluding hydrogens is 439 g/mol. The van der Waals surface area contributed by atoms with E-state index in [4.69, 9.17) is 16.1 Å². The highest BCUT2D eigenvalue weighted by Crippen LogP contribution is 2.13. The Hall–Kier alpha value is -1.28. The van der Waals surface area contributed by atoms with Crippen LogP contribution in [-0.2, 0) is 13.0 Å². The zero-order valence-corrected chi connectivity index (χ0v) is 17.6. The maximum absolute atomic E-state index is 5.92. The lowest BCUT2D eigenvalue weighted by atomic mass is 10.1. The molecule has 0 fully saturated rings. The van der Waals surface area contributed by atoms with Crippen LogP contribution >= 0.6 is 35.6 Å². The van der Waals surface area contributed by atoms with Crippen LogP contribution in [0.15, 0.2) is 33.8 Å². The van der Waals surface area contributed by atoms with E-state index in [1.807, 2.05) is 45.2 Å². The number of guanidine groups is 1. The lowest BCUT2D eigenvalue weighted by molar-refractivity contribution is 0.392. The van der Waals surface area contributed by atoms with E-state index < -0.39 is 0 Å². The molecule has 2 aromatic rings. The van der Waals surface area contributed by atoms with Crippen LogP contribution in [0.1, 0.15) is 22.6 Å². The average molecular weight is 463 g/mol. The number of halogens is 2. The summed E-state index contributed by atoms with van der Waals surface area (Å²) in [4.78, 5) is 6.41. The van der Waals surface area contributed by atoms with Gasteiger partial charge in [0.15, 0.2) is 5.96 Å². The van der Waals surface area contributed by atoms with E-state index in [9.17, 15) is 0 Å². The van der Waals surface area contributed by atoms with E-state index in [1.54, 1.807) is 7.05 Å². The van der Waals surface area contributed by atoms with Crippen LogP contribution in [0, 0.1) is 13.8 Å². The van der Waals surface area contributed by atoms with Gasteiger partial charge in [-0.25, -0.2) is 0 Å². The highest BCUT2D eigenvalue weighted by Gasteiger charge is 2.10. The third-order valence-electron chi connectivity index (χ3n) is 3.75. The first-order valence-corrected chi connectivity index (χ1v) is 7.97. The van der Waals surface area contributed by atoms with Crippen molar-refractivity contribution in [1.29, 1.82) is 0 Å². The molecule has 0 aliphatic carbocycles. The number of hydrogen-bond acceptors (Lipinski definition) is 3. The molecule has 1 N–H and O–H groups in total. The van der Waals surface area contributed by atoms with Gasteiger partial charge in [-0.05, 0) is 38.0 Å². The van der Waals surface area contributed by atoms with E-state index in [1.165, 1.54) is 5.56 Å². The molecule has 24 heavy (non-hydrogen) atoms. The molecule has 0 amide bonds. The van der Waals surface area contributed by atoms with Gasteiger partial charge >= 0.3 is 0 Å². The molecule has 0 radical (unpaired) electrons. The Balaban J connectivity index is 0.00000288. The molecule has 7 heteroatoms.